The molecule has 5 rings (SSSR count). The topological polar surface area (TPSA) is 41.6 Å². The van der Waals surface area contributed by atoms with Crippen LogP contribution in [0.2, 0.25) is 0 Å². The molecule has 1 aliphatic carbocycles. The van der Waals surface area contributed by atoms with Crippen molar-refractivity contribution in [2.24, 2.45) is 0 Å². The van der Waals surface area contributed by atoms with Crippen molar-refractivity contribution >= 4 is 6.41 Å². The van der Waals surface area contributed by atoms with Gasteiger partial charge in [0.1, 0.15) is 5.75 Å². The molecule has 42 heavy (non-hydrogen) atoms. The fourth-order valence-electron chi connectivity index (χ4n) is 6.79. The second-order valence-electron chi connectivity index (χ2n) is 14.0. The van der Waals surface area contributed by atoms with E-state index in [0.29, 0.717) is 12.6 Å². The van der Waals surface area contributed by atoms with Crippen LogP contribution in [0.1, 0.15) is 103 Å². The van der Waals surface area contributed by atoms with Gasteiger partial charge in [0, 0.05) is 18.2 Å². The van der Waals surface area contributed by atoms with Crippen molar-refractivity contribution in [3.63, 3.8) is 0 Å². The third-order valence-electron chi connectivity index (χ3n) is 9.58. The Labute approximate surface area is 253 Å². The number of unbranched alkanes of at least 4 members (excludes halogenated alkanes) is 1. The zero-order chi connectivity index (χ0) is 29.9. The minimum atomic E-state index is 0.147. The Morgan fingerprint density at radius 1 is 0.881 bits per heavy atom. The lowest BCUT2D eigenvalue weighted by Gasteiger charge is -2.42. The van der Waals surface area contributed by atoms with Gasteiger partial charge in [0.2, 0.25) is 6.41 Å². The average molecular weight is 567 g/mol. The van der Waals surface area contributed by atoms with Crippen molar-refractivity contribution in [2.75, 3.05) is 19.7 Å². The van der Waals surface area contributed by atoms with Crippen LogP contribution in [0.4, 0.5) is 0 Å². The molecule has 2 aliphatic rings. The van der Waals surface area contributed by atoms with Gasteiger partial charge in [-0.2, -0.15) is 0 Å². The Hall–Kier alpha value is -3.11. The van der Waals surface area contributed by atoms with Crippen LogP contribution in [-0.2, 0) is 15.6 Å². The molecule has 1 unspecified atom stereocenters. The van der Waals surface area contributed by atoms with Crippen LogP contribution in [-0.4, -0.2) is 37.0 Å². The summed E-state index contributed by atoms with van der Waals surface area (Å²) in [5.41, 5.74) is 9.24. The van der Waals surface area contributed by atoms with E-state index >= 15 is 0 Å². The maximum absolute atomic E-state index is 11.5. The highest BCUT2D eigenvalue weighted by Crippen LogP contribution is 2.47. The number of nitrogens with one attached hydrogen (secondary N) is 1. The second kappa shape index (κ2) is 12.6. The molecule has 1 amide bonds. The summed E-state index contributed by atoms with van der Waals surface area (Å²) < 4.78 is 6.47. The molecule has 0 radical (unpaired) electrons. The molecule has 4 nitrogen and oxygen atoms in total. The molecule has 4 heteroatoms. The summed E-state index contributed by atoms with van der Waals surface area (Å²) in [5.74, 6) is 0.951. The minimum Gasteiger partial charge on any atom is -0.493 e. The zero-order valence-corrected chi connectivity index (χ0v) is 26.6. The van der Waals surface area contributed by atoms with E-state index < -0.39 is 0 Å². The highest BCUT2D eigenvalue weighted by Gasteiger charge is 2.37. The Bertz CT molecular complexity index is 1370. The Kier molecular flexibility index (Phi) is 9.13. The molecular formula is C38H50N2O2. The SMILES string of the molecule is CC(C)NCCCCOc1ccc(-c2ccc(C3CCCN3C=O)cc2)cc1-c1ccc2c(c1)C(C)(C)CCC2(C)C. The van der Waals surface area contributed by atoms with E-state index in [0.717, 1.165) is 56.5 Å². The van der Waals surface area contributed by atoms with Gasteiger partial charge >= 0.3 is 0 Å². The minimum absolute atomic E-state index is 0.147. The zero-order valence-electron chi connectivity index (χ0n) is 26.6. The molecular weight excluding hydrogens is 516 g/mol. The van der Waals surface area contributed by atoms with Gasteiger partial charge < -0.3 is 15.0 Å². The third-order valence-corrected chi connectivity index (χ3v) is 9.58. The predicted molar refractivity (Wildman–Crippen MR) is 175 cm³/mol. The van der Waals surface area contributed by atoms with Crippen LogP contribution in [0.5, 0.6) is 5.75 Å². The highest BCUT2D eigenvalue weighted by molar-refractivity contribution is 5.79. The third kappa shape index (κ3) is 6.59. The second-order valence-corrected chi connectivity index (χ2v) is 14.0. The lowest BCUT2D eigenvalue weighted by molar-refractivity contribution is -0.118. The number of rotatable bonds is 11. The van der Waals surface area contributed by atoms with Crippen molar-refractivity contribution in [1.29, 1.82) is 0 Å². The summed E-state index contributed by atoms with van der Waals surface area (Å²) in [6, 6.07) is 23.3. The number of carbonyl (C=O) groups is 1. The lowest BCUT2D eigenvalue weighted by atomic mass is 9.63. The Morgan fingerprint density at radius 2 is 1.57 bits per heavy atom. The summed E-state index contributed by atoms with van der Waals surface area (Å²) in [5, 5.41) is 3.50. The number of likely N-dealkylation sites (tertiary alicyclic amines) is 1. The predicted octanol–water partition coefficient (Wildman–Crippen LogP) is 8.82. The quantitative estimate of drug-likeness (QED) is 0.186. The first kappa shape index (κ1) is 30.4. The van der Waals surface area contributed by atoms with Crippen LogP contribution in [0, 0.1) is 0 Å². The number of hydrogen-bond acceptors (Lipinski definition) is 3. The smallest absolute Gasteiger partial charge is 0.210 e. The number of carbonyl (C=O) groups excluding carboxylic acids is 1. The average Bonchev–Trinajstić information content (AvgIpc) is 3.46. The molecule has 224 valence electrons. The molecule has 0 saturated carbocycles. The molecule has 1 atom stereocenters. The summed E-state index contributed by atoms with van der Waals surface area (Å²) in [7, 11) is 0. The van der Waals surface area contributed by atoms with Gasteiger partial charge in [0.05, 0.1) is 12.6 Å². The van der Waals surface area contributed by atoms with Crippen molar-refractivity contribution in [3.05, 3.63) is 77.4 Å². The van der Waals surface area contributed by atoms with Gasteiger partial charge in [-0.25, -0.2) is 0 Å². The molecule has 0 aromatic heterocycles. The van der Waals surface area contributed by atoms with E-state index in [9.17, 15) is 4.79 Å². The molecule has 0 spiro atoms. The Morgan fingerprint density at radius 3 is 2.29 bits per heavy atom. The summed E-state index contributed by atoms with van der Waals surface area (Å²) in [4.78, 5) is 13.4. The van der Waals surface area contributed by atoms with Crippen LogP contribution >= 0.6 is 0 Å². The first-order valence-corrected chi connectivity index (χ1v) is 16.1. The number of amides is 1. The van der Waals surface area contributed by atoms with Crippen LogP contribution in [0.3, 0.4) is 0 Å². The largest absolute Gasteiger partial charge is 0.493 e. The standard InChI is InChI=1S/C38H50N2O2/c1-27(2)39-21-7-8-23-42-36-18-16-30(28-11-13-29(14-12-28)35-10-9-22-40(35)26-41)24-32(36)31-15-17-33-34(25-31)38(5,6)20-19-37(33,3)4/h11-18,24-27,35,39H,7-10,19-23H2,1-6H3. The van der Waals surface area contributed by atoms with Gasteiger partial charge in [0.25, 0.3) is 0 Å². The van der Waals surface area contributed by atoms with E-state index in [1.54, 1.807) is 0 Å². The monoisotopic (exact) mass is 566 g/mol. The molecule has 1 saturated heterocycles. The molecule has 1 N–H and O–H groups in total. The number of fused-ring (bicyclic) bond motifs is 1. The summed E-state index contributed by atoms with van der Waals surface area (Å²) >= 11 is 0. The number of ether oxygens (including phenoxy) is 1. The molecule has 0 bridgehead atoms. The van der Waals surface area contributed by atoms with E-state index in [2.05, 4.69) is 108 Å². The van der Waals surface area contributed by atoms with Gasteiger partial charge in [-0.15, -0.1) is 0 Å². The maximum atomic E-state index is 11.5. The summed E-state index contributed by atoms with van der Waals surface area (Å²) in [6.45, 7) is 16.5. The number of nitrogens with zero attached hydrogens (tertiary/aromatic N) is 1. The molecule has 1 heterocycles. The van der Waals surface area contributed by atoms with Gasteiger partial charge in [-0.05, 0) is 101 Å². The number of hydrogen-bond donors (Lipinski definition) is 1. The van der Waals surface area contributed by atoms with E-state index in [1.807, 2.05) is 4.90 Å². The molecule has 3 aromatic rings. The molecule has 3 aromatic carbocycles. The van der Waals surface area contributed by atoms with E-state index in [4.69, 9.17) is 4.74 Å². The highest BCUT2D eigenvalue weighted by atomic mass is 16.5. The maximum Gasteiger partial charge on any atom is 0.210 e. The van der Waals surface area contributed by atoms with Crippen LogP contribution < -0.4 is 10.1 Å². The first-order chi connectivity index (χ1) is 20.1. The van der Waals surface area contributed by atoms with Gasteiger partial charge in [0.15, 0.2) is 0 Å². The van der Waals surface area contributed by atoms with Gasteiger partial charge in [-0.3, -0.25) is 4.79 Å². The van der Waals surface area contributed by atoms with Crippen molar-refractivity contribution in [3.8, 4) is 28.0 Å². The fourth-order valence-corrected chi connectivity index (χ4v) is 6.79. The number of benzene rings is 3. The lowest BCUT2D eigenvalue weighted by Crippen LogP contribution is -2.33. The fraction of sp³-hybridized carbons (Fsp3) is 0.500. The van der Waals surface area contributed by atoms with Crippen molar-refractivity contribution in [1.82, 2.24) is 10.2 Å². The molecule has 1 aliphatic heterocycles. The molecule has 1 fully saturated rings. The Balaban J connectivity index is 1.46. The first-order valence-electron chi connectivity index (χ1n) is 16.1. The van der Waals surface area contributed by atoms with E-state index in [1.165, 1.54) is 46.2 Å². The van der Waals surface area contributed by atoms with Crippen LogP contribution in [0.25, 0.3) is 22.3 Å². The van der Waals surface area contributed by atoms with Crippen LogP contribution in [0.15, 0.2) is 60.7 Å². The van der Waals surface area contributed by atoms with Crippen molar-refractivity contribution < 1.29 is 9.53 Å². The summed E-state index contributed by atoms with van der Waals surface area (Å²) in [6.07, 6.45) is 7.63. The normalized spacial score (nSPS) is 19.1. The van der Waals surface area contributed by atoms with Crippen molar-refractivity contribution in [2.45, 2.75) is 103 Å². The van der Waals surface area contributed by atoms with E-state index in [-0.39, 0.29) is 16.9 Å². The van der Waals surface area contributed by atoms with Gasteiger partial charge in [-0.1, -0.05) is 90.1 Å².